The molecule has 0 saturated carbocycles. The zero-order valence-electron chi connectivity index (χ0n) is 16.9. The molecule has 3 rings (SSSR count). The smallest absolute Gasteiger partial charge is 0.225 e. The van der Waals surface area contributed by atoms with Crippen molar-refractivity contribution in [1.29, 1.82) is 0 Å². The minimum absolute atomic E-state index is 0.0171. The minimum Gasteiger partial charge on any atom is -0.496 e. The molecule has 28 heavy (non-hydrogen) atoms. The number of methoxy groups -OCH3 is 1. The monoisotopic (exact) mass is 377 g/mol. The number of nitrogens with one attached hydrogen (secondary N) is 1. The highest BCUT2D eigenvalue weighted by atomic mass is 16.5. The van der Waals surface area contributed by atoms with E-state index in [2.05, 4.69) is 17.3 Å². The number of rotatable bonds is 7. The van der Waals surface area contributed by atoms with Crippen LogP contribution in [0.1, 0.15) is 41.9 Å². The van der Waals surface area contributed by atoms with Crippen molar-refractivity contribution in [2.45, 2.75) is 39.7 Å². The van der Waals surface area contributed by atoms with Crippen molar-refractivity contribution < 1.29 is 9.53 Å². The van der Waals surface area contributed by atoms with E-state index in [1.54, 1.807) is 7.11 Å². The third kappa shape index (κ3) is 4.09. The highest BCUT2D eigenvalue weighted by Crippen LogP contribution is 2.27. The van der Waals surface area contributed by atoms with Gasteiger partial charge in [-0.3, -0.25) is 4.79 Å². The molecular formula is C23H27N3O2. The van der Waals surface area contributed by atoms with Gasteiger partial charge in [0, 0.05) is 16.8 Å². The molecule has 5 heteroatoms. The van der Waals surface area contributed by atoms with Crippen LogP contribution in [0.5, 0.6) is 5.75 Å². The largest absolute Gasteiger partial charge is 0.496 e. The van der Waals surface area contributed by atoms with Crippen LogP contribution in [0.4, 0.5) is 0 Å². The fourth-order valence-electron chi connectivity index (χ4n) is 3.51. The van der Waals surface area contributed by atoms with Crippen molar-refractivity contribution >= 4 is 5.91 Å². The fraction of sp³-hybridized carbons (Fsp3) is 0.304. The maximum Gasteiger partial charge on any atom is 0.225 e. The fourth-order valence-corrected chi connectivity index (χ4v) is 3.51. The molecule has 0 aliphatic carbocycles. The van der Waals surface area contributed by atoms with Crippen LogP contribution in [-0.4, -0.2) is 22.8 Å². The molecule has 1 amide bonds. The summed E-state index contributed by atoms with van der Waals surface area (Å²) in [6.45, 7) is 6.01. The zero-order chi connectivity index (χ0) is 20.1. The highest BCUT2D eigenvalue weighted by molar-refractivity contribution is 5.79. The summed E-state index contributed by atoms with van der Waals surface area (Å²) in [7, 11) is 1.65. The number of para-hydroxylation sites is 2. The lowest BCUT2D eigenvalue weighted by molar-refractivity contribution is -0.121. The first kappa shape index (κ1) is 19.7. The second-order valence-corrected chi connectivity index (χ2v) is 6.84. The van der Waals surface area contributed by atoms with Gasteiger partial charge in [0.2, 0.25) is 5.91 Å². The lowest BCUT2D eigenvalue weighted by Gasteiger charge is -2.20. The molecule has 0 spiro atoms. The number of amides is 1. The van der Waals surface area contributed by atoms with E-state index in [0.717, 1.165) is 40.4 Å². The van der Waals surface area contributed by atoms with Crippen LogP contribution in [-0.2, 0) is 11.2 Å². The first-order chi connectivity index (χ1) is 13.5. The number of aryl methyl sites for hydroxylation is 1. The summed E-state index contributed by atoms with van der Waals surface area (Å²) < 4.78 is 7.35. The third-order valence-corrected chi connectivity index (χ3v) is 5.04. The number of hydrogen-bond acceptors (Lipinski definition) is 3. The molecule has 0 aliphatic heterocycles. The van der Waals surface area contributed by atoms with Gasteiger partial charge in [-0.25, -0.2) is 4.68 Å². The van der Waals surface area contributed by atoms with Crippen molar-refractivity contribution in [1.82, 2.24) is 15.1 Å². The Morgan fingerprint density at radius 2 is 1.79 bits per heavy atom. The van der Waals surface area contributed by atoms with Crippen LogP contribution in [0.3, 0.4) is 0 Å². The van der Waals surface area contributed by atoms with E-state index in [9.17, 15) is 4.79 Å². The molecule has 0 radical (unpaired) electrons. The van der Waals surface area contributed by atoms with Gasteiger partial charge in [-0.05, 0) is 38.5 Å². The van der Waals surface area contributed by atoms with Crippen LogP contribution in [0.25, 0.3) is 5.69 Å². The van der Waals surface area contributed by atoms with Crippen LogP contribution in [0, 0.1) is 13.8 Å². The molecule has 0 aliphatic rings. The molecular weight excluding hydrogens is 350 g/mol. The third-order valence-electron chi connectivity index (χ3n) is 5.04. The number of hydrogen-bond donors (Lipinski definition) is 1. The Hall–Kier alpha value is -3.08. The predicted molar refractivity (Wildman–Crippen MR) is 111 cm³/mol. The standard InChI is InChI=1S/C23H27N3O2/c1-5-21(19-13-9-10-14-22(19)28-4)24-23(27)15-20-16(2)25-26(17(20)3)18-11-7-6-8-12-18/h6-14,21H,5,15H2,1-4H3,(H,24,27). The molecule has 0 saturated heterocycles. The second kappa shape index (κ2) is 8.74. The molecule has 1 heterocycles. The maximum absolute atomic E-state index is 12.8. The van der Waals surface area contributed by atoms with Crippen LogP contribution in [0.15, 0.2) is 54.6 Å². The lowest BCUT2D eigenvalue weighted by Crippen LogP contribution is -2.30. The van der Waals surface area contributed by atoms with Gasteiger partial charge < -0.3 is 10.1 Å². The molecule has 3 aromatic rings. The molecule has 1 aromatic heterocycles. The first-order valence-electron chi connectivity index (χ1n) is 9.58. The van der Waals surface area contributed by atoms with E-state index in [1.165, 1.54) is 0 Å². The van der Waals surface area contributed by atoms with Crippen molar-refractivity contribution in [3.63, 3.8) is 0 Å². The second-order valence-electron chi connectivity index (χ2n) is 6.84. The molecule has 0 fully saturated rings. The minimum atomic E-state index is -0.0894. The Morgan fingerprint density at radius 1 is 1.11 bits per heavy atom. The van der Waals surface area contributed by atoms with Gasteiger partial charge in [0.15, 0.2) is 0 Å². The molecule has 146 valence electrons. The zero-order valence-corrected chi connectivity index (χ0v) is 16.9. The predicted octanol–water partition coefficient (Wildman–Crippen LogP) is 4.31. The SMILES string of the molecule is CCC(NC(=O)Cc1c(C)nn(-c2ccccc2)c1C)c1ccccc1OC. The summed E-state index contributed by atoms with van der Waals surface area (Å²) in [6.07, 6.45) is 1.09. The topological polar surface area (TPSA) is 56.2 Å². The number of carbonyl (C=O) groups excluding carboxylic acids is 1. The average molecular weight is 377 g/mol. The highest BCUT2D eigenvalue weighted by Gasteiger charge is 2.20. The van der Waals surface area contributed by atoms with Gasteiger partial charge in [-0.2, -0.15) is 5.10 Å². The van der Waals surface area contributed by atoms with Crippen molar-refractivity contribution in [3.8, 4) is 11.4 Å². The van der Waals surface area contributed by atoms with E-state index in [4.69, 9.17) is 4.74 Å². The van der Waals surface area contributed by atoms with E-state index in [-0.39, 0.29) is 11.9 Å². The number of ether oxygens (including phenoxy) is 1. The summed E-state index contributed by atoms with van der Waals surface area (Å²) in [5.41, 5.74) is 4.83. The van der Waals surface area contributed by atoms with Gasteiger partial charge in [0.25, 0.3) is 0 Å². The van der Waals surface area contributed by atoms with Crippen LogP contribution < -0.4 is 10.1 Å². The summed E-state index contributed by atoms with van der Waals surface area (Å²) in [6, 6.07) is 17.7. The molecule has 5 nitrogen and oxygen atoms in total. The summed E-state index contributed by atoms with van der Waals surface area (Å²) in [5, 5.41) is 7.79. The Kier molecular flexibility index (Phi) is 6.14. The number of benzene rings is 2. The van der Waals surface area contributed by atoms with Gasteiger partial charge >= 0.3 is 0 Å². The van der Waals surface area contributed by atoms with E-state index >= 15 is 0 Å². The number of nitrogens with zero attached hydrogens (tertiary/aromatic N) is 2. The van der Waals surface area contributed by atoms with Crippen molar-refractivity contribution in [2.24, 2.45) is 0 Å². The Morgan fingerprint density at radius 3 is 2.46 bits per heavy atom. The molecule has 1 unspecified atom stereocenters. The molecule has 2 aromatic carbocycles. The van der Waals surface area contributed by atoms with Gasteiger partial charge in [-0.1, -0.05) is 43.3 Å². The molecule has 0 bridgehead atoms. The van der Waals surface area contributed by atoms with Crippen LogP contribution >= 0.6 is 0 Å². The maximum atomic E-state index is 12.8. The Balaban J connectivity index is 1.79. The van der Waals surface area contributed by atoms with Gasteiger partial charge in [-0.15, -0.1) is 0 Å². The van der Waals surface area contributed by atoms with Crippen molar-refractivity contribution in [2.75, 3.05) is 7.11 Å². The molecule has 1 atom stereocenters. The summed E-state index contributed by atoms with van der Waals surface area (Å²) in [4.78, 5) is 12.8. The van der Waals surface area contributed by atoms with Gasteiger partial charge in [0.05, 0.1) is 31.0 Å². The lowest BCUT2D eigenvalue weighted by atomic mass is 10.0. The normalized spacial score (nSPS) is 11.9. The number of aromatic nitrogens is 2. The quantitative estimate of drug-likeness (QED) is 0.668. The average Bonchev–Trinajstić information content (AvgIpc) is 3.01. The summed E-state index contributed by atoms with van der Waals surface area (Å²) >= 11 is 0. The molecule has 1 N–H and O–H groups in total. The first-order valence-corrected chi connectivity index (χ1v) is 9.58. The van der Waals surface area contributed by atoms with E-state index < -0.39 is 0 Å². The summed E-state index contributed by atoms with van der Waals surface area (Å²) in [5.74, 6) is 0.774. The van der Waals surface area contributed by atoms with E-state index in [0.29, 0.717) is 6.42 Å². The van der Waals surface area contributed by atoms with Crippen molar-refractivity contribution in [3.05, 3.63) is 77.1 Å². The Bertz CT molecular complexity index is 948. The number of carbonyl (C=O) groups is 1. The van der Waals surface area contributed by atoms with Gasteiger partial charge in [0.1, 0.15) is 5.75 Å². The van der Waals surface area contributed by atoms with Crippen LogP contribution in [0.2, 0.25) is 0 Å². The van der Waals surface area contributed by atoms with E-state index in [1.807, 2.05) is 73.1 Å². The Labute approximate surface area is 166 Å².